The molecule has 0 saturated carbocycles. The molecule has 0 bridgehead atoms. The van der Waals surface area contributed by atoms with Crippen molar-refractivity contribution in [3.05, 3.63) is 15.0 Å². The van der Waals surface area contributed by atoms with Gasteiger partial charge in [-0.25, -0.2) is 0 Å². The first-order valence-electron chi connectivity index (χ1n) is 2.08. The minimum Gasteiger partial charge on any atom is -0.427 e. The van der Waals surface area contributed by atoms with Crippen LogP contribution in [0.15, 0.2) is 5.38 Å². The second-order valence-corrected chi connectivity index (χ2v) is 2.96. The minimum atomic E-state index is 0. The molecule has 1 aromatic heterocycles. The van der Waals surface area contributed by atoms with Crippen LogP contribution in [-0.4, -0.2) is 9.94 Å². The van der Waals surface area contributed by atoms with E-state index in [-0.39, 0.29) is 19.5 Å². The molecule has 0 unspecified atom stereocenters. The van der Waals surface area contributed by atoms with Gasteiger partial charge in [0.25, 0.3) is 0 Å². The predicted molar refractivity (Wildman–Crippen MR) is 35.1 cm³/mol. The first-order chi connectivity index (χ1) is 3.72. The van der Waals surface area contributed by atoms with Crippen LogP contribution in [0.1, 0.15) is 5.69 Å². The van der Waals surface area contributed by atoms with Crippen LogP contribution < -0.4 is 0 Å². The van der Waals surface area contributed by atoms with Crippen molar-refractivity contribution in [1.82, 2.24) is 4.73 Å². The summed E-state index contributed by atoms with van der Waals surface area (Å²) in [7, 11) is 0. The van der Waals surface area contributed by atoms with Crippen molar-refractivity contribution in [2.45, 2.75) is 6.92 Å². The molecule has 1 aromatic rings. The molecule has 0 aliphatic carbocycles. The molecule has 9 heavy (non-hydrogen) atoms. The van der Waals surface area contributed by atoms with Crippen molar-refractivity contribution in [2.24, 2.45) is 0 Å². The molecule has 0 saturated heterocycles. The summed E-state index contributed by atoms with van der Waals surface area (Å²) >= 11 is 6.06. The van der Waals surface area contributed by atoms with Gasteiger partial charge in [-0.15, -0.1) is 11.3 Å². The Bertz CT molecular complexity index is 241. The van der Waals surface area contributed by atoms with Gasteiger partial charge in [0.1, 0.15) is 0 Å². The topological polar surface area (TPSA) is 25.2 Å². The Hall–Kier alpha value is 0.273. The van der Waals surface area contributed by atoms with Gasteiger partial charge in [-0.05, 0) is 19.1 Å². The number of aryl methyl sites for hydroxylation is 1. The van der Waals surface area contributed by atoms with E-state index in [1.165, 1.54) is 11.3 Å². The molecule has 2 nitrogen and oxygen atoms in total. The molecule has 0 aliphatic rings. The maximum Gasteiger partial charge on any atom is 2.00 e. The molecule has 0 fully saturated rings. The summed E-state index contributed by atoms with van der Waals surface area (Å²) in [4.78, 5) is 0. The number of aromatic nitrogens is 1. The van der Waals surface area contributed by atoms with Crippen LogP contribution >= 0.6 is 23.6 Å². The fraction of sp³-hybridized carbons (Fsp3) is 0.250. The van der Waals surface area contributed by atoms with E-state index in [2.05, 4.69) is 0 Å². The fourth-order valence-electron chi connectivity index (χ4n) is 0.380. The smallest absolute Gasteiger partial charge is 0.427 e. The van der Waals surface area contributed by atoms with Gasteiger partial charge in [0.2, 0.25) is 0 Å². The average Bonchev–Trinajstić information content (AvgIpc) is 1.98. The van der Waals surface area contributed by atoms with Gasteiger partial charge in [0, 0.05) is 5.38 Å². The standard InChI is InChI=1S/C4H5NOS2.Zn/c1-3-2-8-4(7)5(3)6;/h2,6H,1H3;/q;+2. The molecule has 1 rings (SSSR count). The quantitative estimate of drug-likeness (QED) is 0.403. The number of hydrogen-bond acceptors (Lipinski definition) is 3. The van der Waals surface area contributed by atoms with Crippen molar-refractivity contribution < 1.29 is 24.7 Å². The Morgan fingerprint density at radius 2 is 2.33 bits per heavy atom. The van der Waals surface area contributed by atoms with E-state index in [1.54, 1.807) is 6.92 Å². The van der Waals surface area contributed by atoms with Crippen molar-refractivity contribution in [3.8, 4) is 0 Å². The zero-order chi connectivity index (χ0) is 6.15. The van der Waals surface area contributed by atoms with Gasteiger partial charge in [-0.2, -0.15) is 4.73 Å². The zero-order valence-corrected chi connectivity index (χ0v) is 9.60. The Labute approximate surface area is 74.9 Å². The van der Waals surface area contributed by atoms with Crippen LogP contribution in [0.3, 0.4) is 0 Å². The number of rotatable bonds is 0. The minimum absolute atomic E-state index is 0. The second kappa shape index (κ2) is 3.44. The molecule has 5 heteroatoms. The van der Waals surface area contributed by atoms with E-state index >= 15 is 0 Å². The van der Waals surface area contributed by atoms with E-state index in [1.807, 2.05) is 5.38 Å². The molecule has 0 spiro atoms. The third-order valence-corrected chi connectivity index (χ3v) is 2.13. The van der Waals surface area contributed by atoms with Gasteiger partial charge >= 0.3 is 19.5 Å². The monoisotopic (exact) mass is 211 g/mol. The van der Waals surface area contributed by atoms with E-state index in [9.17, 15) is 0 Å². The summed E-state index contributed by atoms with van der Waals surface area (Å²) in [5.41, 5.74) is 0.792. The van der Waals surface area contributed by atoms with Crippen molar-refractivity contribution in [3.63, 3.8) is 0 Å². The Balaban J connectivity index is 0.000000640. The van der Waals surface area contributed by atoms with Crippen molar-refractivity contribution in [2.75, 3.05) is 0 Å². The van der Waals surface area contributed by atoms with E-state index < -0.39 is 0 Å². The van der Waals surface area contributed by atoms with Crippen LogP contribution in [0.5, 0.6) is 0 Å². The van der Waals surface area contributed by atoms with Gasteiger partial charge in [0.05, 0.1) is 5.69 Å². The third kappa shape index (κ3) is 1.85. The van der Waals surface area contributed by atoms with Crippen LogP contribution in [0.25, 0.3) is 0 Å². The van der Waals surface area contributed by atoms with Crippen LogP contribution in [0.4, 0.5) is 0 Å². The number of nitrogens with zero attached hydrogens (tertiary/aromatic N) is 1. The second-order valence-electron chi connectivity index (χ2n) is 1.45. The predicted octanol–water partition coefficient (Wildman–Crippen LogP) is 1.82. The average molecular weight is 213 g/mol. The molecule has 0 aliphatic heterocycles. The molecule has 0 amide bonds. The Morgan fingerprint density at radius 1 is 1.78 bits per heavy atom. The van der Waals surface area contributed by atoms with E-state index in [0.717, 1.165) is 10.4 Å². The number of thiazole rings is 1. The van der Waals surface area contributed by atoms with E-state index in [0.29, 0.717) is 3.95 Å². The Kier molecular flexibility index (Phi) is 3.55. The SMILES string of the molecule is Cc1csc(=S)n1O.[Zn+2]. The molecule has 1 heterocycles. The van der Waals surface area contributed by atoms with Gasteiger partial charge in [-0.3, -0.25) is 0 Å². The summed E-state index contributed by atoms with van der Waals surface area (Å²) < 4.78 is 1.50. The molecular formula is C4H5NOS2Zn+2. The molecule has 0 aromatic carbocycles. The summed E-state index contributed by atoms with van der Waals surface area (Å²) in [6.45, 7) is 1.80. The largest absolute Gasteiger partial charge is 2.00 e. The normalized spacial score (nSPS) is 8.56. The van der Waals surface area contributed by atoms with Gasteiger partial charge < -0.3 is 5.21 Å². The molecule has 0 radical (unpaired) electrons. The molecular weight excluding hydrogens is 208 g/mol. The zero-order valence-electron chi connectivity index (χ0n) is 5.00. The van der Waals surface area contributed by atoms with Crippen molar-refractivity contribution in [1.29, 1.82) is 0 Å². The van der Waals surface area contributed by atoms with Crippen LogP contribution in [0.2, 0.25) is 0 Å². The third-order valence-electron chi connectivity index (χ3n) is 0.837. The molecule has 0 atom stereocenters. The molecule has 44 valence electrons. The molecule has 1 N–H and O–H groups in total. The summed E-state index contributed by atoms with van der Waals surface area (Å²) in [6.07, 6.45) is 0. The van der Waals surface area contributed by atoms with Crippen LogP contribution in [-0.2, 0) is 19.5 Å². The summed E-state index contributed by atoms with van der Waals surface area (Å²) in [5.74, 6) is 0. The maximum absolute atomic E-state index is 8.87. The first kappa shape index (κ1) is 9.27. The fourth-order valence-corrected chi connectivity index (χ4v) is 1.28. The van der Waals surface area contributed by atoms with Crippen molar-refractivity contribution >= 4 is 23.6 Å². The van der Waals surface area contributed by atoms with E-state index in [4.69, 9.17) is 17.4 Å². The number of hydrogen-bond donors (Lipinski definition) is 1. The first-order valence-corrected chi connectivity index (χ1v) is 3.37. The van der Waals surface area contributed by atoms with Gasteiger partial charge in [-0.1, -0.05) is 0 Å². The maximum atomic E-state index is 8.87. The summed E-state index contributed by atoms with van der Waals surface area (Å²) in [5, 5.41) is 10.7. The van der Waals surface area contributed by atoms with Crippen LogP contribution in [0, 0.1) is 10.9 Å². The Morgan fingerprint density at radius 3 is 2.44 bits per heavy atom. The van der Waals surface area contributed by atoms with Gasteiger partial charge in [0.15, 0.2) is 3.95 Å². The summed E-state index contributed by atoms with van der Waals surface area (Å²) in [6, 6.07) is 0.